The Morgan fingerprint density at radius 1 is 1.67 bits per heavy atom. The topological polar surface area (TPSA) is 78.6 Å². The first-order valence-electron chi connectivity index (χ1n) is 5.50. The molecule has 5 nitrogen and oxygen atoms in total. The highest BCUT2D eigenvalue weighted by Gasteiger charge is 2.31. The number of hydrogen-bond acceptors (Lipinski definition) is 4. The Hall–Kier alpha value is -0.650. The standard InChI is InChI=1S/C10H21N3O2/c1-8-2-5-13(9(8)7-14)6-10(15)12-4-3-11/h8-9,14H,2-7,11H2,1H3,(H,12,15). The molecule has 0 aromatic heterocycles. The van der Waals surface area contributed by atoms with Crippen LogP contribution in [0.5, 0.6) is 0 Å². The molecule has 1 aliphatic heterocycles. The summed E-state index contributed by atoms with van der Waals surface area (Å²) in [6, 6.07) is 0.133. The van der Waals surface area contributed by atoms with Gasteiger partial charge < -0.3 is 16.2 Å². The summed E-state index contributed by atoms with van der Waals surface area (Å²) in [7, 11) is 0. The number of aliphatic hydroxyl groups is 1. The number of likely N-dealkylation sites (tertiary alicyclic amines) is 1. The number of carbonyl (C=O) groups excluding carboxylic acids is 1. The number of carbonyl (C=O) groups is 1. The monoisotopic (exact) mass is 215 g/mol. The van der Waals surface area contributed by atoms with Crippen molar-refractivity contribution in [2.24, 2.45) is 11.7 Å². The van der Waals surface area contributed by atoms with Crippen LogP contribution in [0.25, 0.3) is 0 Å². The molecule has 0 radical (unpaired) electrons. The van der Waals surface area contributed by atoms with Gasteiger partial charge in [-0.25, -0.2) is 0 Å². The SMILES string of the molecule is CC1CCN(CC(=O)NCCN)C1CO. The van der Waals surface area contributed by atoms with E-state index in [0.717, 1.165) is 13.0 Å². The molecule has 2 unspecified atom stereocenters. The van der Waals surface area contributed by atoms with Gasteiger partial charge in [0.15, 0.2) is 0 Å². The van der Waals surface area contributed by atoms with Crippen LogP contribution >= 0.6 is 0 Å². The van der Waals surface area contributed by atoms with Crippen LogP contribution in [-0.4, -0.2) is 54.7 Å². The van der Waals surface area contributed by atoms with Gasteiger partial charge >= 0.3 is 0 Å². The largest absolute Gasteiger partial charge is 0.395 e. The average molecular weight is 215 g/mol. The fourth-order valence-electron chi connectivity index (χ4n) is 2.03. The van der Waals surface area contributed by atoms with E-state index in [4.69, 9.17) is 5.73 Å². The molecule has 1 fully saturated rings. The lowest BCUT2D eigenvalue weighted by Crippen LogP contribution is -2.43. The van der Waals surface area contributed by atoms with E-state index in [-0.39, 0.29) is 18.6 Å². The minimum atomic E-state index is -0.00648. The van der Waals surface area contributed by atoms with E-state index in [0.29, 0.717) is 25.6 Å². The highest BCUT2D eigenvalue weighted by atomic mass is 16.3. The van der Waals surface area contributed by atoms with Crippen LogP contribution < -0.4 is 11.1 Å². The maximum atomic E-state index is 11.4. The van der Waals surface area contributed by atoms with E-state index in [1.165, 1.54) is 0 Å². The van der Waals surface area contributed by atoms with Crippen LogP contribution in [0.4, 0.5) is 0 Å². The van der Waals surface area contributed by atoms with Gasteiger partial charge in [0, 0.05) is 19.1 Å². The van der Waals surface area contributed by atoms with Gasteiger partial charge in [-0.1, -0.05) is 6.92 Å². The van der Waals surface area contributed by atoms with Gasteiger partial charge in [0.05, 0.1) is 13.2 Å². The summed E-state index contributed by atoms with van der Waals surface area (Å²) in [5.74, 6) is 0.463. The smallest absolute Gasteiger partial charge is 0.234 e. The van der Waals surface area contributed by atoms with Gasteiger partial charge in [-0.3, -0.25) is 9.69 Å². The Balaban J connectivity index is 2.34. The number of hydrogen-bond donors (Lipinski definition) is 3. The molecule has 1 saturated heterocycles. The van der Waals surface area contributed by atoms with Gasteiger partial charge in [-0.05, 0) is 18.9 Å². The Morgan fingerprint density at radius 2 is 2.40 bits per heavy atom. The highest BCUT2D eigenvalue weighted by Crippen LogP contribution is 2.22. The lowest BCUT2D eigenvalue weighted by Gasteiger charge is -2.24. The maximum absolute atomic E-state index is 11.4. The Labute approximate surface area is 90.6 Å². The number of nitrogens with zero attached hydrogens (tertiary/aromatic N) is 1. The number of aliphatic hydroxyl groups excluding tert-OH is 1. The molecule has 0 spiro atoms. The van der Waals surface area contributed by atoms with E-state index in [2.05, 4.69) is 12.2 Å². The normalized spacial score (nSPS) is 26.9. The van der Waals surface area contributed by atoms with Gasteiger partial charge in [0.2, 0.25) is 5.91 Å². The summed E-state index contributed by atoms with van der Waals surface area (Å²) < 4.78 is 0. The zero-order valence-corrected chi connectivity index (χ0v) is 9.28. The van der Waals surface area contributed by atoms with Crippen LogP contribution in [-0.2, 0) is 4.79 Å². The number of nitrogens with one attached hydrogen (secondary N) is 1. The van der Waals surface area contributed by atoms with Crippen LogP contribution in [0.15, 0.2) is 0 Å². The first kappa shape index (κ1) is 12.4. The molecule has 2 atom stereocenters. The number of amides is 1. The van der Waals surface area contributed by atoms with E-state index < -0.39 is 0 Å². The zero-order valence-electron chi connectivity index (χ0n) is 9.28. The van der Waals surface area contributed by atoms with Crippen LogP contribution in [0.3, 0.4) is 0 Å². The van der Waals surface area contributed by atoms with E-state index in [1.807, 2.05) is 4.90 Å². The molecule has 0 bridgehead atoms. The predicted molar refractivity (Wildman–Crippen MR) is 58.3 cm³/mol. The predicted octanol–water partition coefficient (Wildman–Crippen LogP) is -1.24. The summed E-state index contributed by atoms with van der Waals surface area (Å²) in [5, 5.41) is 11.9. The van der Waals surface area contributed by atoms with Crippen LogP contribution in [0.2, 0.25) is 0 Å². The molecular formula is C10H21N3O2. The molecular weight excluding hydrogens is 194 g/mol. The lowest BCUT2D eigenvalue weighted by molar-refractivity contribution is -0.122. The van der Waals surface area contributed by atoms with Crippen molar-refractivity contribution in [2.75, 3.05) is 32.8 Å². The summed E-state index contributed by atoms with van der Waals surface area (Å²) in [6.45, 7) is 4.49. The van der Waals surface area contributed by atoms with Crippen LogP contribution in [0.1, 0.15) is 13.3 Å². The first-order valence-corrected chi connectivity index (χ1v) is 5.50. The fourth-order valence-corrected chi connectivity index (χ4v) is 2.03. The van der Waals surface area contributed by atoms with Crippen molar-refractivity contribution in [1.29, 1.82) is 0 Å². The molecule has 15 heavy (non-hydrogen) atoms. The summed E-state index contributed by atoms with van der Waals surface area (Å²) in [5.41, 5.74) is 5.29. The molecule has 88 valence electrons. The second-order valence-electron chi connectivity index (χ2n) is 4.12. The second-order valence-corrected chi connectivity index (χ2v) is 4.12. The lowest BCUT2D eigenvalue weighted by atomic mass is 10.0. The maximum Gasteiger partial charge on any atom is 0.234 e. The van der Waals surface area contributed by atoms with E-state index >= 15 is 0 Å². The van der Waals surface area contributed by atoms with Crippen molar-refractivity contribution in [3.63, 3.8) is 0 Å². The van der Waals surface area contributed by atoms with Crippen molar-refractivity contribution in [1.82, 2.24) is 10.2 Å². The third-order valence-corrected chi connectivity index (χ3v) is 3.00. The Morgan fingerprint density at radius 3 is 3.00 bits per heavy atom. The van der Waals surface area contributed by atoms with Crippen molar-refractivity contribution < 1.29 is 9.90 Å². The Bertz CT molecular complexity index is 211. The van der Waals surface area contributed by atoms with E-state index in [1.54, 1.807) is 0 Å². The van der Waals surface area contributed by atoms with Crippen molar-refractivity contribution in [2.45, 2.75) is 19.4 Å². The van der Waals surface area contributed by atoms with Crippen molar-refractivity contribution >= 4 is 5.91 Å². The fraction of sp³-hybridized carbons (Fsp3) is 0.900. The average Bonchev–Trinajstić information content (AvgIpc) is 2.56. The molecule has 0 aromatic carbocycles. The minimum absolute atomic E-state index is 0.00648. The van der Waals surface area contributed by atoms with Crippen LogP contribution in [0, 0.1) is 5.92 Å². The molecule has 0 aromatic rings. The zero-order chi connectivity index (χ0) is 11.3. The molecule has 1 amide bonds. The molecule has 0 aliphatic carbocycles. The third-order valence-electron chi connectivity index (χ3n) is 3.00. The number of rotatable bonds is 5. The van der Waals surface area contributed by atoms with Crippen molar-refractivity contribution in [3.05, 3.63) is 0 Å². The third kappa shape index (κ3) is 3.44. The summed E-state index contributed by atoms with van der Waals surface area (Å²) in [6.07, 6.45) is 1.05. The van der Waals surface area contributed by atoms with Gasteiger partial charge in [0.1, 0.15) is 0 Å². The van der Waals surface area contributed by atoms with Gasteiger partial charge in [-0.2, -0.15) is 0 Å². The Kier molecular flexibility index (Phi) is 5.01. The van der Waals surface area contributed by atoms with Gasteiger partial charge in [0.25, 0.3) is 0 Å². The molecule has 1 aliphatic rings. The summed E-state index contributed by atoms with van der Waals surface area (Å²) in [4.78, 5) is 13.5. The minimum Gasteiger partial charge on any atom is -0.395 e. The quantitative estimate of drug-likeness (QED) is 0.536. The van der Waals surface area contributed by atoms with E-state index in [9.17, 15) is 9.90 Å². The number of nitrogens with two attached hydrogens (primary N) is 1. The van der Waals surface area contributed by atoms with Gasteiger partial charge in [-0.15, -0.1) is 0 Å². The summed E-state index contributed by atoms with van der Waals surface area (Å²) >= 11 is 0. The highest BCUT2D eigenvalue weighted by molar-refractivity contribution is 5.78. The molecule has 1 rings (SSSR count). The molecule has 0 saturated carbocycles. The van der Waals surface area contributed by atoms with Crippen molar-refractivity contribution in [3.8, 4) is 0 Å². The molecule has 1 heterocycles. The molecule has 5 heteroatoms. The second kappa shape index (κ2) is 6.05. The molecule has 4 N–H and O–H groups in total. The first-order chi connectivity index (χ1) is 7.19.